The fraction of sp³-hybridized carbons (Fsp3) is 0. The molecule has 0 atom stereocenters. The first-order valence-corrected chi connectivity index (χ1v) is 7.46. The summed E-state index contributed by atoms with van der Waals surface area (Å²) in [7, 11) is -4.43. The van der Waals surface area contributed by atoms with Gasteiger partial charge < -0.3 is 0 Å². The summed E-state index contributed by atoms with van der Waals surface area (Å²) < 4.78 is 53.0. The van der Waals surface area contributed by atoms with Crippen molar-refractivity contribution in [1.82, 2.24) is 0 Å². The predicted octanol–water partition coefficient (Wildman–Crippen LogP) is 4.07. The molecule has 0 bridgehead atoms. The van der Waals surface area contributed by atoms with Crippen LogP contribution in [0.15, 0.2) is 41.3 Å². The number of anilines is 1. The summed E-state index contributed by atoms with van der Waals surface area (Å²) in [6.45, 7) is 0. The van der Waals surface area contributed by atoms with Crippen molar-refractivity contribution < 1.29 is 17.2 Å². The van der Waals surface area contributed by atoms with Gasteiger partial charge in [-0.3, -0.25) is 4.72 Å². The Bertz CT molecular complexity index is 726. The average Bonchev–Trinajstić information content (AvgIpc) is 2.25. The molecule has 0 radical (unpaired) electrons. The topological polar surface area (TPSA) is 46.2 Å². The molecule has 1 N–H and O–H groups in total. The van der Waals surface area contributed by atoms with Crippen molar-refractivity contribution in [3.8, 4) is 0 Å². The summed E-state index contributed by atoms with van der Waals surface area (Å²) in [6, 6.07) is 6.70. The van der Waals surface area contributed by atoms with Crippen LogP contribution in [0, 0.1) is 11.6 Å². The molecule has 0 amide bonds. The maximum Gasteiger partial charge on any atom is 0.267 e. The molecule has 0 fully saturated rings. The number of benzene rings is 2. The van der Waals surface area contributed by atoms with Crippen LogP contribution in [0.2, 0.25) is 10.0 Å². The molecule has 0 heterocycles. The molecule has 0 saturated heterocycles. The number of sulfonamides is 1. The van der Waals surface area contributed by atoms with E-state index in [1.165, 1.54) is 18.2 Å². The standard InChI is InChI=1S/C12H7Cl2F2NO2S/c13-7-4-8(14)6-9(5-7)17-20(18,19)12-10(15)2-1-3-11(12)16/h1-6,17H. The van der Waals surface area contributed by atoms with Crippen molar-refractivity contribution in [2.75, 3.05) is 4.72 Å². The second-order valence-electron chi connectivity index (χ2n) is 3.81. The molecule has 0 aromatic heterocycles. The van der Waals surface area contributed by atoms with Crippen LogP contribution in [-0.2, 0) is 10.0 Å². The number of hydrogen-bond donors (Lipinski definition) is 1. The Morgan fingerprint density at radius 2 is 1.45 bits per heavy atom. The number of hydrogen-bond acceptors (Lipinski definition) is 2. The van der Waals surface area contributed by atoms with Crippen molar-refractivity contribution in [1.29, 1.82) is 0 Å². The molecule has 8 heteroatoms. The highest BCUT2D eigenvalue weighted by molar-refractivity contribution is 7.92. The van der Waals surface area contributed by atoms with Crippen LogP contribution in [0.5, 0.6) is 0 Å². The normalized spacial score (nSPS) is 11.4. The Labute approximate surface area is 124 Å². The largest absolute Gasteiger partial charge is 0.279 e. The first-order chi connectivity index (χ1) is 9.29. The van der Waals surface area contributed by atoms with Crippen molar-refractivity contribution in [3.63, 3.8) is 0 Å². The van der Waals surface area contributed by atoms with Crippen molar-refractivity contribution in [2.24, 2.45) is 0 Å². The lowest BCUT2D eigenvalue weighted by Gasteiger charge is -2.10. The van der Waals surface area contributed by atoms with E-state index in [1.54, 1.807) is 0 Å². The van der Waals surface area contributed by atoms with Gasteiger partial charge in [0, 0.05) is 10.0 Å². The molecule has 3 nitrogen and oxygen atoms in total. The minimum Gasteiger partial charge on any atom is -0.279 e. The second kappa shape index (κ2) is 5.55. The number of rotatable bonds is 3. The van der Waals surface area contributed by atoms with Crippen LogP contribution in [0.1, 0.15) is 0 Å². The number of halogens is 4. The minimum absolute atomic E-state index is 0.00477. The third-order valence-electron chi connectivity index (χ3n) is 2.30. The zero-order valence-corrected chi connectivity index (χ0v) is 12.0. The van der Waals surface area contributed by atoms with Crippen LogP contribution in [0.25, 0.3) is 0 Å². The Balaban J connectivity index is 2.46. The zero-order chi connectivity index (χ0) is 14.9. The predicted molar refractivity (Wildman–Crippen MR) is 73.6 cm³/mol. The summed E-state index contributed by atoms with van der Waals surface area (Å²) in [5.74, 6) is -2.38. The highest BCUT2D eigenvalue weighted by atomic mass is 35.5. The van der Waals surface area contributed by atoms with Gasteiger partial charge in [-0.15, -0.1) is 0 Å². The van der Waals surface area contributed by atoms with Crippen molar-refractivity contribution in [2.45, 2.75) is 4.90 Å². The van der Waals surface area contributed by atoms with E-state index in [9.17, 15) is 17.2 Å². The monoisotopic (exact) mass is 337 g/mol. The highest BCUT2D eigenvalue weighted by Gasteiger charge is 2.24. The van der Waals surface area contributed by atoms with Crippen LogP contribution in [0.3, 0.4) is 0 Å². The smallest absolute Gasteiger partial charge is 0.267 e. The first kappa shape index (κ1) is 15.0. The molecule has 0 aliphatic carbocycles. The van der Waals surface area contributed by atoms with Gasteiger partial charge in [0.05, 0.1) is 5.69 Å². The summed E-state index contributed by atoms with van der Waals surface area (Å²) in [5, 5.41) is 0.369. The Kier molecular flexibility index (Phi) is 4.17. The van der Waals surface area contributed by atoms with Gasteiger partial charge in [-0.2, -0.15) is 0 Å². The fourth-order valence-electron chi connectivity index (χ4n) is 1.56. The van der Waals surface area contributed by atoms with E-state index in [4.69, 9.17) is 23.2 Å². The van der Waals surface area contributed by atoms with E-state index < -0.39 is 26.6 Å². The van der Waals surface area contributed by atoms with Crippen molar-refractivity contribution >= 4 is 38.9 Å². The number of nitrogens with one attached hydrogen (secondary N) is 1. The van der Waals surface area contributed by atoms with Gasteiger partial charge in [0.15, 0.2) is 4.90 Å². The van der Waals surface area contributed by atoms with E-state index in [0.29, 0.717) is 0 Å². The SMILES string of the molecule is O=S(=O)(Nc1cc(Cl)cc(Cl)c1)c1c(F)cccc1F. The molecule has 0 unspecified atom stereocenters. The molecule has 0 aliphatic rings. The second-order valence-corrected chi connectivity index (χ2v) is 6.31. The average molecular weight is 338 g/mol. The maximum atomic E-state index is 13.5. The maximum absolute atomic E-state index is 13.5. The summed E-state index contributed by atoms with van der Waals surface area (Å²) in [5.41, 5.74) is 0.00477. The lowest BCUT2D eigenvalue weighted by molar-refractivity contribution is 0.521. The lowest BCUT2D eigenvalue weighted by Crippen LogP contribution is -2.16. The van der Waals surface area contributed by atoms with Crippen LogP contribution < -0.4 is 4.72 Å². The van der Waals surface area contributed by atoms with E-state index in [2.05, 4.69) is 0 Å². The molecule has 2 rings (SSSR count). The quantitative estimate of drug-likeness (QED) is 0.917. The van der Waals surface area contributed by atoms with Gasteiger partial charge in [-0.1, -0.05) is 29.3 Å². The Hall–Kier alpha value is -1.37. The lowest BCUT2D eigenvalue weighted by atomic mass is 10.3. The van der Waals surface area contributed by atoms with Gasteiger partial charge in [0.1, 0.15) is 11.6 Å². The molecular formula is C12H7Cl2F2NO2S. The molecule has 0 spiro atoms. The van der Waals surface area contributed by atoms with Crippen LogP contribution in [0.4, 0.5) is 14.5 Å². The summed E-state index contributed by atoms with van der Waals surface area (Å²) in [6.07, 6.45) is 0. The molecular weight excluding hydrogens is 331 g/mol. The molecule has 0 saturated carbocycles. The first-order valence-electron chi connectivity index (χ1n) is 5.22. The van der Waals surface area contributed by atoms with Gasteiger partial charge in [0.2, 0.25) is 0 Å². The van der Waals surface area contributed by atoms with E-state index in [1.807, 2.05) is 4.72 Å². The molecule has 2 aromatic carbocycles. The Morgan fingerprint density at radius 1 is 0.950 bits per heavy atom. The zero-order valence-electron chi connectivity index (χ0n) is 9.70. The molecule has 20 heavy (non-hydrogen) atoms. The van der Waals surface area contributed by atoms with Crippen molar-refractivity contribution in [3.05, 3.63) is 58.1 Å². The van der Waals surface area contributed by atoms with E-state index in [0.717, 1.165) is 18.2 Å². The molecule has 2 aromatic rings. The van der Waals surface area contributed by atoms with E-state index >= 15 is 0 Å². The van der Waals surface area contributed by atoms with Gasteiger partial charge in [-0.05, 0) is 30.3 Å². The van der Waals surface area contributed by atoms with Gasteiger partial charge >= 0.3 is 0 Å². The highest BCUT2D eigenvalue weighted by Crippen LogP contribution is 2.26. The third kappa shape index (κ3) is 3.20. The van der Waals surface area contributed by atoms with Crippen LogP contribution >= 0.6 is 23.2 Å². The minimum atomic E-state index is -4.43. The summed E-state index contributed by atoms with van der Waals surface area (Å²) in [4.78, 5) is -1.06. The van der Waals surface area contributed by atoms with Crippen LogP contribution in [-0.4, -0.2) is 8.42 Å². The Morgan fingerprint density at radius 3 is 1.95 bits per heavy atom. The van der Waals surface area contributed by atoms with Gasteiger partial charge in [-0.25, -0.2) is 17.2 Å². The van der Waals surface area contributed by atoms with E-state index in [-0.39, 0.29) is 15.7 Å². The molecule has 0 aliphatic heterocycles. The third-order valence-corrected chi connectivity index (χ3v) is 4.17. The van der Waals surface area contributed by atoms with Gasteiger partial charge in [0.25, 0.3) is 10.0 Å². The molecule has 106 valence electrons. The summed E-state index contributed by atoms with van der Waals surface area (Å²) >= 11 is 11.4. The fourth-order valence-corrected chi connectivity index (χ4v) is 3.26.